The highest BCUT2D eigenvalue weighted by molar-refractivity contribution is 7.89. The lowest BCUT2D eigenvalue weighted by Gasteiger charge is -2.07. The molecule has 2 N–H and O–H groups in total. The zero-order valence-corrected chi connectivity index (χ0v) is 19.3. The van der Waals surface area contributed by atoms with E-state index >= 15 is 0 Å². The molecule has 158 valence electrons. The lowest BCUT2D eigenvalue weighted by atomic mass is 10.1. The summed E-state index contributed by atoms with van der Waals surface area (Å²) in [6.45, 7) is 0. The van der Waals surface area contributed by atoms with Crippen LogP contribution in [0.5, 0.6) is 5.75 Å². The minimum atomic E-state index is -3.78. The first kappa shape index (κ1) is 21.8. The number of ether oxygens (including phenoxy) is 1. The molecule has 3 aromatic carbocycles. The van der Waals surface area contributed by atoms with Crippen molar-refractivity contribution in [1.82, 2.24) is 4.98 Å². The Bertz CT molecular complexity index is 1370. The van der Waals surface area contributed by atoms with Crippen molar-refractivity contribution in [2.45, 2.75) is 4.90 Å². The standard InChI is InChI=1S/C22H16Cl2N2O3S2/c1-29-19-11-8-14(12-18(19)24)20-21(13-6-9-15(10-7-13)31(25,27)28)30-22(26-20)16-4-2-3-5-17(16)23/h2-12H,1H3,(H2,25,27,28). The van der Waals surface area contributed by atoms with E-state index in [0.717, 1.165) is 26.6 Å². The Balaban J connectivity index is 1.91. The van der Waals surface area contributed by atoms with Crippen LogP contribution in [0.3, 0.4) is 0 Å². The third kappa shape index (κ3) is 4.46. The summed E-state index contributed by atoms with van der Waals surface area (Å²) in [5, 5.41) is 7.01. The largest absolute Gasteiger partial charge is 0.495 e. The van der Waals surface area contributed by atoms with Crippen LogP contribution in [0.2, 0.25) is 10.0 Å². The van der Waals surface area contributed by atoms with Crippen LogP contribution in [0.4, 0.5) is 0 Å². The van der Waals surface area contributed by atoms with E-state index in [1.165, 1.54) is 23.5 Å². The van der Waals surface area contributed by atoms with Gasteiger partial charge < -0.3 is 4.74 Å². The first-order chi connectivity index (χ1) is 14.8. The van der Waals surface area contributed by atoms with Gasteiger partial charge in [0.2, 0.25) is 10.0 Å². The van der Waals surface area contributed by atoms with Crippen LogP contribution in [-0.4, -0.2) is 20.5 Å². The molecule has 0 amide bonds. The smallest absolute Gasteiger partial charge is 0.238 e. The lowest BCUT2D eigenvalue weighted by molar-refractivity contribution is 0.415. The first-order valence-corrected chi connectivity index (χ1v) is 12.1. The predicted molar refractivity (Wildman–Crippen MR) is 126 cm³/mol. The van der Waals surface area contributed by atoms with Gasteiger partial charge in [0.05, 0.1) is 32.6 Å². The number of thiazole rings is 1. The molecular formula is C22H16Cl2N2O3S2. The van der Waals surface area contributed by atoms with Crippen molar-refractivity contribution in [3.63, 3.8) is 0 Å². The van der Waals surface area contributed by atoms with E-state index in [-0.39, 0.29) is 4.90 Å². The second kappa shape index (κ2) is 8.61. The Hall–Kier alpha value is -2.42. The molecule has 0 bridgehead atoms. The van der Waals surface area contributed by atoms with Crippen LogP contribution in [-0.2, 0) is 10.0 Å². The van der Waals surface area contributed by atoms with Gasteiger partial charge in [0, 0.05) is 11.1 Å². The van der Waals surface area contributed by atoms with Gasteiger partial charge in [-0.1, -0.05) is 53.5 Å². The number of hydrogen-bond acceptors (Lipinski definition) is 5. The fourth-order valence-electron chi connectivity index (χ4n) is 3.07. The van der Waals surface area contributed by atoms with Crippen molar-refractivity contribution in [2.24, 2.45) is 5.14 Å². The van der Waals surface area contributed by atoms with Crippen molar-refractivity contribution in [1.29, 1.82) is 0 Å². The van der Waals surface area contributed by atoms with Gasteiger partial charge in [-0.25, -0.2) is 18.5 Å². The van der Waals surface area contributed by atoms with Crippen LogP contribution in [0.25, 0.3) is 32.3 Å². The number of rotatable bonds is 5. The van der Waals surface area contributed by atoms with Crippen LogP contribution < -0.4 is 9.88 Å². The SMILES string of the molecule is COc1ccc(-c2nc(-c3ccccc3Cl)sc2-c2ccc(S(N)(=O)=O)cc2)cc1Cl. The summed E-state index contributed by atoms with van der Waals surface area (Å²) in [5.41, 5.74) is 3.10. The van der Waals surface area contributed by atoms with Crippen LogP contribution in [0.1, 0.15) is 0 Å². The van der Waals surface area contributed by atoms with Gasteiger partial charge in [0.25, 0.3) is 0 Å². The number of sulfonamides is 1. The minimum Gasteiger partial charge on any atom is -0.495 e. The van der Waals surface area contributed by atoms with Gasteiger partial charge in [-0.05, 0) is 42.0 Å². The maximum Gasteiger partial charge on any atom is 0.238 e. The zero-order chi connectivity index (χ0) is 22.2. The molecule has 5 nitrogen and oxygen atoms in total. The summed E-state index contributed by atoms with van der Waals surface area (Å²) >= 11 is 14.2. The predicted octanol–water partition coefficient (Wildman–Crippen LogP) is 6.11. The molecule has 4 rings (SSSR count). The van der Waals surface area contributed by atoms with E-state index in [1.807, 2.05) is 30.3 Å². The van der Waals surface area contributed by atoms with E-state index in [2.05, 4.69) is 0 Å². The van der Waals surface area contributed by atoms with Gasteiger partial charge in [-0.15, -0.1) is 11.3 Å². The maximum absolute atomic E-state index is 11.6. The molecule has 31 heavy (non-hydrogen) atoms. The van der Waals surface area contributed by atoms with Crippen molar-refractivity contribution in [3.05, 3.63) is 76.8 Å². The molecule has 0 spiro atoms. The summed E-state index contributed by atoms with van der Waals surface area (Å²) in [5.74, 6) is 0.561. The molecule has 1 heterocycles. The van der Waals surface area contributed by atoms with Crippen molar-refractivity contribution in [3.8, 4) is 38.0 Å². The van der Waals surface area contributed by atoms with E-state index in [0.29, 0.717) is 21.5 Å². The number of hydrogen-bond donors (Lipinski definition) is 1. The van der Waals surface area contributed by atoms with E-state index in [1.54, 1.807) is 31.4 Å². The second-order valence-corrected chi connectivity index (χ2v) is 9.97. The summed E-state index contributed by atoms with van der Waals surface area (Å²) in [7, 11) is -2.23. The summed E-state index contributed by atoms with van der Waals surface area (Å²) < 4.78 is 28.5. The third-order valence-corrected chi connectivity index (χ3v) is 7.29. The van der Waals surface area contributed by atoms with Crippen molar-refractivity contribution >= 4 is 44.6 Å². The number of nitrogens with zero attached hydrogens (tertiary/aromatic N) is 1. The zero-order valence-electron chi connectivity index (χ0n) is 16.2. The number of primary sulfonamides is 1. The number of aromatic nitrogens is 1. The monoisotopic (exact) mass is 490 g/mol. The highest BCUT2D eigenvalue weighted by Crippen LogP contribution is 2.43. The Morgan fingerprint density at radius 1 is 0.935 bits per heavy atom. The maximum atomic E-state index is 11.6. The average molecular weight is 491 g/mol. The number of benzene rings is 3. The Morgan fingerprint density at radius 2 is 1.61 bits per heavy atom. The molecule has 0 radical (unpaired) electrons. The molecule has 0 fully saturated rings. The van der Waals surface area contributed by atoms with Gasteiger partial charge in [-0.2, -0.15) is 0 Å². The fourth-order valence-corrected chi connectivity index (χ4v) is 5.26. The topological polar surface area (TPSA) is 82.3 Å². The summed E-state index contributed by atoms with van der Waals surface area (Å²) in [6, 6.07) is 19.3. The molecular weight excluding hydrogens is 475 g/mol. The molecule has 1 aromatic heterocycles. The molecule has 0 unspecified atom stereocenters. The van der Waals surface area contributed by atoms with E-state index in [9.17, 15) is 8.42 Å². The van der Waals surface area contributed by atoms with Gasteiger partial charge in [-0.3, -0.25) is 0 Å². The molecule has 0 aliphatic heterocycles. The third-order valence-electron chi connectivity index (χ3n) is 4.60. The quantitative estimate of drug-likeness (QED) is 0.365. The van der Waals surface area contributed by atoms with Crippen LogP contribution in [0.15, 0.2) is 71.6 Å². The van der Waals surface area contributed by atoms with Gasteiger partial charge >= 0.3 is 0 Å². The van der Waals surface area contributed by atoms with Crippen molar-refractivity contribution in [2.75, 3.05) is 7.11 Å². The van der Waals surface area contributed by atoms with E-state index in [4.69, 9.17) is 38.1 Å². The summed E-state index contributed by atoms with van der Waals surface area (Å²) in [4.78, 5) is 5.73. The average Bonchev–Trinajstić information content (AvgIpc) is 3.18. The first-order valence-electron chi connectivity index (χ1n) is 9.01. The molecule has 4 aromatic rings. The molecule has 0 aliphatic rings. The lowest BCUT2D eigenvalue weighted by Crippen LogP contribution is -2.11. The Kier molecular flexibility index (Phi) is 6.05. The molecule has 0 saturated heterocycles. The molecule has 0 atom stereocenters. The highest BCUT2D eigenvalue weighted by atomic mass is 35.5. The van der Waals surface area contributed by atoms with Crippen LogP contribution >= 0.6 is 34.5 Å². The molecule has 9 heteroatoms. The van der Waals surface area contributed by atoms with Crippen molar-refractivity contribution < 1.29 is 13.2 Å². The fraction of sp³-hybridized carbons (Fsp3) is 0.0455. The number of methoxy groups -OCH3 is 1. The minimum absolute atomic E-state index is 0.0427. The normalized spacial score (nSPS) is 11.5. The summed E-state index contributed by atoms with van der Waals surface area (Å²) in [6.07, 6.45) is 0. The number of nitrogens with two attached hydrogens (primary N) is 1. The molecule has 0 aliphatic carbocycles. The second-order valence-electron chi connectivity index (χ2n) is 6.60. The Morgan fingerprint density at radius 3 is 2.23 bits per heavy atom. The molecule has 0 saturated carbocycles. The Labute approximate surface area is 194 Å². The van der Waals surface area contributed by atoms with E-state index < -0.39 is 10.0 Å². The van der Waals surface area contributed by atoms with Crippen LogP contribution in [0, 0.1) is 0 Å². The number of halogens is 2. The van der Waals surface area contributed by atoms with Gasteiger partial charge in [0.15, 0.2) is 0 Å². The highest BCUT2D eigenvalue weighted by Gasteiger charge is 2.19. The van der Waals surface area contributed by atoms with Gasteiger partial charge in [0.1, 0.15) is 10.8 Å².